The molecule has 13 heteroatoms. The SMILES string of the molecule is C=CC(=O)N1CCC(n2nc(C#Cc3c(F)c(OC)cc(OC)c3F)c3c(N)ncc(-c4ncn(C)n4)c32)C1. The molecule has 5 rings (SSSR count). The lowest BCUT2D eigenvalue weighted by Gasteiger charge is -2.16. The second-order valence-electron chi connectivity index (χ2n) is 8.78. The van der Waals surface area contributed by atoms with E-state index < -0.39 is 17.2 Å². The number of nitrogens with two attached hydrogens (primary N) is 1. The van der Waals surface area contributed by atoms with Gasteiger partial charge in [-0.15, -0.1) is 0 Å². The minimum absolute atomic E-state index is 0.112. The predicted octanol–water partition coefficient (Wildman–Crippen LogP) is 2.46. The molecule has 0 aliphatic carbocycles. The zero-order valence-corrected chi connectivity index (χ0v) is 21.4. The van der Waals surface area contributed by atoms with Gasteiger partial charge in [0.1, 0.15) is 23.4 Å². The molecule has 4 heterocycles. The molecule has 1 amide bonds. The van der Waals surface area contributed by atoms with Crippen LogP contribution in [0.5, 0.6) is 11.5 Å². The predicted molar refractivity (Wildman–Crippen MR) is 138 cm³/mol. The Bertz CT molecular complexity index is 1660. The Morgan fingerprint density at radius 1 is 1.18 bits per heavy atom. The van der Waals surface area contributed by atoms with Gasteiger partial charge in [-0.2, -0.15) is 10.2 Å². The van der Waals surface area contributed by atoms with Crippen LogP contribution in [0, 0.1) is 23.5 Å². The van der Waals surface area contributed by atoms with E-state index in [1.165, 1.54) is 26.5 Å². The number of nitrogens with zero attached hydrogens (tertiary/aromatic N) is 7. The van der Waals surface area contributed by atoms with E-state index in [0.29, 0.717) is 41.8 Å². The molecule has 0 saturated carbocycles. The lowest BCUT2D eigenvalue weighted by Crippen LogP contribution is -2.27. The highest BCUT2D eigenvalue weighted by atomic mass is 19.1. The van der Waals surface area contributed by atoms with Gasteiger partial charge in [-0.05, 0) is 18.4 Å². The molecule has 1 fully saturated rings. The Morgan fingerprint density at radius 3 is 2.51 bits per heavy atom. The van der Waals surface area contributed by atoms with Crippen molar-refractivity contribution in [3.8, 4) is 34.7 Å². The third kappa shape index (κ3) is 4.39. The lowest BCUT2D eigenvalue weighted by molar-refractivity contribution is -0.125. The molecule has 0 bridgehead atoms. The van der Waals surface area contributed by atoms with Gasteiger partial charge in [-0.25, -0.2) is 18.7 Å². The molecule has 1 aliphatic heterocycles. The summed E-state index contributed by atoms with van der Waals surface area (Å²) in [4.78, 5) is 22.5. The van der Waals surface area contributed by atoms with E-state index in [1.54, 1.807) is 27.6 Å². The van der Waals surface area contributed by atoms with E-state index in [0.717, 1.165) is 6.07 Å². The van der Waals surface area contributed by atoms with Gasteiger partial charge in [0.05, 0.1) is 36.7 Å². The first-order chi connectivity index (χ1) is 18.8. The molecule has 1 atom stereocenters. The average Bonchev–Trinajstić information content (AvgIpc) is 3.68. The highest BCUT2D eigenvalue weighted by Crippen LogP contribution is 2.36. The number of carbonyl (C=O) groups excluding carboxylic acids is 1. The molecule has 2 N–H and O–H groups in total. The zero-order chi connectivity index (χ0) is 27.8. The van der Waals surface area contributed by atoms with E-state index in [-0.39, 0.29) is 35.0 Å². The molecular formula is C26H24F2N8O3. The fraction of sp³-hybridized carbons (Fsp3) is 0.269. The van der Waals surface area contributed by atoms with E-state index in [9.17, 15) is 13.6 Å². The highest BCUT2D eigenvalue weighted by Gasteiger charge is 2.31. The second kappa shape index (κ2) is 10.1. The third-order valence-electron chi connectivity index (χ3n) is 6.47. The fourth-order valence-corrected chi connectivity index (χ4v) is 4.56. The maximum atomic E-state index is 15.0. The van der Waals surface area contributed by atoms with Crippen LogP contribution in [0.3, 0.4) is 0 Å². The van der Waals surface area contributed by atoms with Crippen molar-refractivity contribution in [1.82, 2.24) is 34.4 Å². The van der Waals surface area contributed by atoms with E-state index in [2.05, 4.69) is 33.5 Å². The molecule has 1 aromatic carbocycles. The number of amides is 1. The van der Waals surface area contributed by atoms with Crippen LogP contribution < -0.4 is 15.2 Å². The first kappa shape index (κ1) is 25.7. The summed E-state index contributed by atoms with van der Waals surface area (Å²) in [5.74, 6) is 3.18. The number of aryl methyl sites for hydroxylation is 1. The van der Waals surface area contributed by atoms with Crippen LogP contribution in [0.1, 0.15) is 23.7 Å². The number of benzene rings is 1. The minimum Gasteiger partial charge on any atom is -0.493 e. The number of halogens is 2. The van der Waals surface area contributed by atoms with Crippen molar-refractivity contribution in [2.75, 3.05) is 33.0 Å². The van der Waals surface area contributed by atoms with Gasteiger partial charge in [0.25, 0.3) is 0 Å². The van der Waals surface area contributed by atoms with Crippen molar-refractivity contribution in [2.24, 2.45) is 7.05 Å². The summed E-state index contributed by atoms with van der Waals surface area (Å²) >= 11 is 0. The number of pyridine rings is 1. The molecule has 11 nitrogen and oxygen atoms in total. The molecule has 200 valence electrons. The Morgan fingerprint density at radius 2 is 1.90 bits per heavy atom. The standard InChI is InChI=1S/C26H24F2N8O3/c1-5-20(37)35-9-8-14(12-35)36-24-16(26-31-13-34(2)33-26)11-30-25(29)21(24)17(32-36)7-6-15-22(27)18(38-3)10-19(39-4)23(15)28/h5,10-11,13-14H,1,8-9,12H2,2-4H3,(H2,29,30). The Kier molecular flexibility index (Phi) is 6.61. The van der Waals surface area contributed by atoms with Crippen molar-refractivity contribution < 1.29 is 23.0 Å². The van der Waals surface area contributed by atoms with Crippen LogP contribution in [-0.2, 0) is 11.8 Å². The topological polar surface area (TPSA) is 126 Å². The summed E-state index contributed by atoms with van der Waals surface area (Å²) < 4.78 is 43.2. The first-order valence-electron chi connectivity index (χ1n) is 11.8. The number of rotatable bonds is 5. The zero-order valence-electron chi connectivity index (χ0n) is 21.4. The van der Waals surface area contributed by atoms with E-state index >= 15 is 0 Å². The molecule has 3 aromatic heterocycles. The smallest absolute Gasteiger partial charge is 0.246 e. The number of hydrogen-bond donors (Lipinski definition) is 1. The number of anilines is 1. The number of likely N-dealkylation sites (tertiary alicyclic amines) is 1. The summed E-state index contributed by atoms with van der Waals surface area (Å²) in [5, 5.41) is 9.46. The molecule has 1 saturated heterocycles. The van der Waals surface area contributed by atoms with Crippen LogP contribution in [0.25, 0.3) is 22.3 Å². The van der Waals surface area contributed by atoms with Crippen molar-refractivity contribution >= 4 is 22.6 Å². The Balaban J connectivity index is 1.73. The van der Waals surface area contributed by atoms with Crippen LogP contribution in [0.2, 0.25) is 0 Å². The van der Waals surface area contributed by atoms with Gasteiger partial charge in [0.15, 0.2) is 29.0 Å². The van der Waals surface area contributed by atoms with E-state index in [1.807, 2.05) is 0 Å². The van der Waals surface area contributed by atoms with E-state index in [4.69, 9.17) is 20.3 Å². The van der Waals surface area contributed by atoms with Gasteiger partial charge < -0.3 is 20.1 Å². The highest BCUT2D eigenvalue weighted by molar-refractivity contribution is 6.01. The number of aromatic nitrogens is 6. The molecule has 1 unspecified atom stereocenters. The number of nitrogen functional groups attached to an aromatic ring is 1. The molecule has 4 aromatic rings. The summed E-state index contributed by atoms with van der Waals surface area (Å²) in [6.07, 6.45) is 4.94. The molecule has 1 aliphatic rings. The normalized spacial score (nSPS) is 14.8. The largest absolute Gasteiger partial charge is 0.493 e. The number of hydrogen-bond acceptors (Lipinski definition) is 8. The Hall–Kier alpha value is -4.99. The summed E-state index contributed by atoms with van der Waals surface area (Å²) in [7, 11) is 4.24. The van der Waals surface area contributed by atoms with Crippen LogP contribution in [-0.4, -0.2) is 67.6 Å². The van der Waals surface area contributed by atoms with Gasteiger partial charge in [0.2, 0.25) is 5.91 Å². The maximum Gasteiger partial charge on any atom is 0.246 e. The van der Waals surface area contributed by atoms with Crippen molar-refractivity contribution in [1.29, 1.82) is 0 Å². The number of ether oxygens (including phenoxy) is 2. The number of methoxy groups -OCH3 is 2. The summed E-state index contributed by atoms with van der Waals surface area (Å²) in [6.45, 7) is 4.42. The minimum atomic E-state index is -0.981. The van der Waals surface area contributed by atoms with Crippen molar-refractivity contribution in [3.05, 3.63) is 54.1 Å². The summed E-state index contributed by atoms with van der Waals surface area (Å²) in [5.41, 5.74) is 6.96. The molecule has 39 heavy (non-hydrogen) atoms. The molecule has 0 spiro atoms. The van der Waals surface area contributed by atoms with Crippen molar-refractivity contribution in [3.63, 3.8) is 0 Å². The summed E-state index contributed by atoms with van der Waals surface area (Å²) in [6, 6.07) is 0.853. The quantitative estimate of drug-likeness (QED) is 0.306. The van der Waals surface area contributed by atoms with Gasteiger partial charge in [0, 0.05) is 32.4 Å². The van der Waals surface area contributed by atoms with Gasteiger partial charge >= 0.3 is 0 Å². The van der Waals surface area contributed by atoms with Crippen molar-refractivity contribution in [2.45, 2.75) is 12.5 Å². The first-order valence-corrected chi connectivity index (χ1v) is 11.8. The van der Waals surface area contributed by atoms with Gasteiger partial charge in [-0.1, -0.05) is 12.5 Å². The molecular weight excluding hydrogens is 510 g/mol. The maximum absolute atomic E-state index is 15.0. The lowest BCUT2D eigenvalue weighted by atomic mass is 10.1. The van der Waals surface area contributed by atoms with Crippen LogP contribution >= 0.6 is 0 Å². The number of fused-ring (bicyclic) bond motifs is 1. The number of carbonyl (C=O) groups is 1. The second-order valence-corrected chi connectivity index (χ2v) is 8.78. The third-order valence-corrected chi connectivity index (χ3v) is 6.47. The fourth-order valence-electron chi connectivity index (χ4n) is 4.56. The average molecular weight is 535 g/mol. The van der Waals surface area contributed by atoms with Gasteiger partial charge in [-0.3, -0.25) is 14.2 Å². The Labute approximate surface area is 221 Å². The molecule has 0 radical (unpaired) electrons. The van der Waals surface area contributed by atoms with Crippen LogP contribution in [0.4, 0.5) is 14.6 Å². The van der Waals surface area contributed by atoms with Crippen LogP contribution in [0.15, 0.2) is 31.2 Å². The monoisotopic (exact) mass is 534 g/mol.